The highest BCUT2D eigenvalue weighted by Gasteiger charge is 2.44. The Morgan fingerprint density at radius 1 is 0.853 bits per heavy atom. The zero-order valence-corrected chi connectivity index (χ0v) is 22.5. The lowest BCUT2D eigenvalue weighted by Gasteiger charge is -2.34. The van der Waals surface area contributed by atoms with E-state index in [-0.39, 0.29) is 31.5 Å². The summed E-state index contributed by atoms with van der Waals surface area (Å²) in [4.78, 5) is 16.0. The van der Waals surface area contributed by atoms with Crippen molar-refractivity contribution in [3.05, 3.63) is 67.6 Å². The Morgan fingerprint density at radius 3 is 1.68 bits per heavy atom. The van der Waals surface area contributed by atoms with Crippen molar-refractivity contribution < 1.29 is 23.7 Å². The molecule has 0 spiro atoms. The number of likely N-dealkylation sites (N-methyl/N-ethyl adjacent to an activating group) is 1. The van der Waals surface area contributed by atoms with Crippen LogP contribution in [0.25, 0.3) is 12.2 Å². The SMILES string of the molecule is COCOc1ccc(/C=C2\C(=O)/C(=C/c3ccc(OCOC)c(Br)c3)[C@@H]3CC[C@H]2N3C)cc1Br. The van der Waals surface area contributed by atoms with E-state index in [9.17, 15) is 4.79 Å². The van der Waals surface area contributed by atoms with E-state index < -0.39 is 0 Å². The lowest BCUT2D eigenvalue weighted by molar-refractivity contribution is -0.114. The van der Waals surface area contributed by atoms with E-state index in [1.165, 1.54) is 0 Å². The molecule has 2 aromatic carbocycles. The Labute approximate surface area is 216 Å². The number of benzene rings is 2. The normalized spacial score (nSPS) is 22.6. The molecule has 2 heterocycles. The van der Waals surface area contributed by atoms with Crippen molar-refractivity contribution in [2.24, 2.45) is 0 Å². The van der Waals surface area contributed by atoms with Crippen LogP contribution in [0.3, 0.4) is 0 Å². The molecule has 0 amide bonds. The third kappa shape index (κ3) is 5.31. The van der Waals surface area contributed by atoms with Crippen LogP contribution in [0.1, 0.15) is 24.0 Å². The number of nitrogens with zero attached hydrogens (tertiary/aromatic N) is 1. The van der Waals surface area contributed by atoms with Crippen LogP contribution in [0.4, 0.5) is 0 Å². The van der Waals surface area contributed by atoms with Gasteiger partial charge in [-0.05, 0) is 99.3 Å². The first kappa shape index (κ1) is 25.1. The van der Waals surface area contributed by atoms with Gasteiger partial charge in [-0.15, -0.1) is 0 Å². The van der Waals surface area contributed by atoms with Crippen molar-refractivity contribution in [1.29, 1.82) is 0 Å². The van der Waals surface area contributed by atoms with Gasteiger partial charge >= 0.3 is 0 Å². The topological polar surface area (TPSA) is 57.2 Å². The van der Waals surface area contributed by atoms with E-state index in [1.54, 1.807) is 14.2 Å². The van der Waals surface area contributed by atoms with Crippen LogP contribution in [-0.2, 0) is 14.3 Å². The molecule has 0 aliphatic carbocycles. The molecular weight excluding hydrogens is 566 g/mol. The van der Waals surface area contributed by atoms with Crippen molar-refractivity contribution in [1.82, 2.24) is 4.90 Å². The number of hydrogen-bond acceptors (Lipinski definition) is 6. The first-order valence-corrected chi connectivity index (χ1v) is 12.5. The highest BCUT2D eigenvalue weighted by Crippen LogP contribution is 2.41. The largest absolute Gasteiger partial charge is 0.466 e. The molecule has 0 aromatic heterocycles. The van der Waals surface area contributed by atoms with Gasteiger partial charge in [0, 0.05) is 37.4 Å². The van der Waals surface area contributed by atoms with Crippen LogP contribution < -0.4 is 9.47 Å². The number of hydrogen-bond donors (Lipinski definition) is 0. The number of ketones is 1. The van der Waals surface area contributed by atoms with E-state index in [0.29, 0.717) is 11.5 Å². The van der Waals surface area contributed by atoms with Gasteiger partial charge < -0.3 is 18.9 Å². The summed E-state index contributed by atoms with van der Waals surface area (Å²) in [7, 11) is 5.27. The van der Waals surface area contributed by atoms with E-state index in [2.05, 4.69) is 43.8 Å². The number of Topliss-reactive ketones (excluding diaryl/α,β-unsaturated/α-hetero) is 1. The standard InChI is InChI=1S/C26H27Br2NO5/c1-29-22-6-7-23(29)19(11-17-5-9-25(21(28)13-17)34-15-32-3)26(30)18(22)10-16-4-8-24(20(27)12-16)33-14-31-2/h4-5,8-13,22-23H,6-7,14-15H2,1-3H3/b18-10-,19-11+/t22-,23+/m1/s1. The maximum atomic E-state index is 13.7. The lowest BCUT2D eigenvalue weighted by atomic mass is 9.88. The zero-order chi connectivity index (χ0) is 24.2. The maximum Gasteiger partial charge on any atom is 0.188 e. The fourth-order valence-corrected chi connectivity index (χ4v) is 5.56. The third-order valence-corrected chi connectivity index (χ3v) is 7.40. The third-order valence-electron chi connectivity index (χ3n) is 6.16. The molecule has 2 aromatic rings. The highest BCUT2D eigenvalue weighted by molar-refractivity contribution is 9.10. The average Bonchev–Trinajstić information content (AvgIpc) is 3.13. The highest BCUT2D eigenvalue weighted by atomic mass is 79.9. The van der Waals surface area contributed by atoms with Gasteiger partial charge in [-0.25, -0.2) is 0 Å². The summed E-state index contributed by atoms with van der Waals surface area (Å²) in [6, 6.07) is 11.8. The number of ether oxygens (including phenoxy) is 4. The monoisotopic (exact) mass is 591 g/mol. The van der Waals surface area contributed by atoms with Gasteiger partial charge in [0.2, 0.25) is 0 Å². The molecule has 2 aliphatic rings. The number of methoxy groups -OCH3 is 2. The Balaban J connectivity index is 1.64. The molecule has 2 saturated heterocycles. The molecule has 180 valence electrons. The Kier molecular flexibility index (Phi) is 8.26. The summed E-state index contributed by atoms with van der Waals surface area (Å²) in [5, 5.41) is 0. The number of rotatable bonds is 8. The molecule has 0 radical (unpaired) electrons. The number of fused-ring (bicyclic) bond motifs is 2. The van der Waals surface area contributed by atoms with Crippen molar-refractivity contribution in [2.45, 2.75) is 24.9 Å². The Morgan fingerprint density at radius 2 is 1.29 bits per heavy atom. The lowest BCUT2D eigenvalue weighted by Crippen LogP contribution is -2.43. The first-order valence-electron chi connectivity index (χ1n) is 10.9. The average molecular weight is 593 g/mol. The first-order chi connectivity index (χ1) is 16.4. The van der Waals surface area contributed by atoms with E-state index in [1.807, 2.05) is 48.6 Å². The summed E-state index contributed by atoms with van der Waals surface area (Å²) in [6.07, 6.45) is 5.92. The van der Waals surface area contributed by atoms with Crippen molar-refractivity contribution in [3.63, 3.8) is 0 Å². The van der Waals surface area contributed by atoms with Crippen LogP contribution in [0.5, 0.6) is 11.5 Å². The second-order valence-electron chi connectivity index (χ2n) is 8.28. The van der Waals surface area contributed by atoms with Gasteiger partial charge in [0.15, 0.2) is 19.4 Å². The van der Waals surface area contributed by atoms with Crippen molar-refractivity contribution >= 4 is 49.8 Å². The van der Waals surface area contributed by atoms with E-state index >= 15 is 0 Å². The molecule has 0 N–H and O–H groups in total. The molecule has 4 rings (SSSR count). The van der Waals surface area contributed by atoms with Gasteiger partial charge in [-0.1, -0.05) is 12.1 Å². The van der Waals surface area contributed by atoms with Crippen LogP contribution in [0, 0.1) is 0 Å². The minimum absolute atomic E-state index is 0.109. The molecule has 0 unspecified atom stereocenters. The molecule has 0 saturated carbocycles. The number of halogens is 2. The van der Waals surface area contributed by atoms with E-state index in [4.69, 9.17) is 18.9 Å². The Bertz CT molecular complexity index is 1040. The predicted octanol–water partition coefficient (Wildman–Crippen LogP) is 5.69. The molecular formula is C26H27Br2NO5. The van der Waals surface area contributed by atoms with Crippen LogP contribution in [0.2, 0.25) is 0 Å². The van der Waals surface area contributed by atoms with E-state index in [0.717, 1.165) is 44.1 Å². The minimum Gasteiger partial charge on any atom is -0.466 e. The van der Waals surface area contributed by atoms with Crippen molar-refractivity contribution in [3.8, 4) is 11.5 Å². The number of piperidine rings is 1. The maximum absolute atomic E-state index is 13.7. The summed E-state index contributed by atoms with van der Waals surface area (Å²) >= 11 is 7.11. The molecule has 2 aliphatic heterocycles. The summed E-state index contributed by atoms with van der Waals surface area (Å²) < 4.78 is 22.7. The number of carbonyl (C=O) groups is 1. The van der Waals surface area contributed by atoms with Gasteiger partial charge in [0.05, 0.1) is 8.95 Å². The quantitative estimate of drug-likeness (QED) is 0.290. The molecule has 6 nitrogen and oxygen atoms in total. The fourth-order valence-electron chi connectivity index (χ4n) is 4.53. The van der Waals surface area contributed by atoms with Gasteiger partial charge in [0.1, 0.15) is 11.5 Å². The van der Waals surface area contributed by atoms with Gasteiger partial charge in [-0.3, -0.25) is 9.69 Å². The molecule has 2 atom stereocenters. The van der Waals surface area contributed by atoms with Crippen LogP contribution >= 0.6 is 31.9 Å². The molecule has 2 bridgehead atoms. The van der Waals surface area contributed by atoms with Crippen molar-refractivity contribution in [2.75, 3.05) is 34.9 Å². The van der Waals surface area contributed by atoms with Crippen LogP contribution in [0.15, 0.2) is 56.5 Å². The summed E-state index contributed by atoms with van der Waals surface area (Å²) in [5.41, 5.74) is 3.53. The smallest absolute Gasteiger partial charge is 0.188 e. The minimum atomic E-state index is 0.109. The second-order valence-corrected chi connectivity index (χ2v) is 9.99. The predicted molar refractivity (Wildman–Crippen MR) is 139 cm³/mol. The second kappa shape index (κ2) is 11.2. The molecule has 8 heteroatoms. The molecule has 2 fully saturated rings. The Hall–Kier alpha value is -1.97. The fraction of sp³-hybridized carbons (Fsp3) is 0.346. The number of carbonyl (C=O) groups excluding carboxylic acids is 1. The molecule has 34 heavy (non-hydrogen) atoms. The zero-order valence-electron chi connectivity index (χ0n) is 19.3. The van der Waals surface area contributed by atoms with Gasteiger partial charge in [0.25, 0.3) is 0 Å². The van der Waals surface area contributed by atoms with Crippen LogP contribution in [-0.4, -0.2) is 57.6 Å². The van der Waals surface area contributed by atoms with Gasteiger partial charge in [-0.2, -0.15) is 0 Å². The summed E-state index contributed by atoms with van der Waals surface area (Å²) in [5.74, 6) is 1.50. The summed E-state index contributed by atoms with van der Waals surface area (Å²) in [6.45, 7) is 0.352.